The molecule has 0 unspecified atom stereocenters. The number of nitrogens with one attached hydrogen (secondary N) is 1. The molecule has 1 aromatic heterocycles. The number of rotatable bonds is 4. The van der Waals surface area contributed by atoms with Crippen LogP contribution in [0.25, 0.3) is 0 Å². The molecule has 4 heteroatoms. The smallest absolute Gasteiger partial charge is 0.223 e. The highest BCUT2D eigenvalue weighted by Crippen LogP contribution is 2.16. The van der Waals surface area contributed by atoms with Crippen LogP contribution in [0.3, 0.4) is 0 Å². The summed E-state index contributed by atoms with van der Waals surface area (Å²) in [5.74, 6) is 0.183. The van der Waals surface area contributed by atoms with Gasteiger partial charge in [0.15, 0.2) is 0 Å². The third-order valence-electron chi connectivity index (χ3n) is 2.50. The summed E-state index contributed by atoms with van der Waals surface area (Å²) in [6.45, 7) is 7.89. The largest absolute Gasteiger partial charge is 0.348 e. The zero-order valence-corrected chi connectivity index (χ0v) is 10.5. The van der Waals surface area contributed by atoms with E-state index >= 15 is 0 Å². The number of nitrogens with zero attached hydrogens (tertiary/aromatic N) is 1. The van der Waals surface area contributed by atoms with E-state index in [2.05, 4.69) is 10.3 Å². The van der Waals surface area contributed by atoms with E-state index in [4.69, 9.17) is 0 Å². The molecule has 0 radical (unpaired) electrons. The van der Waals surface area contributed by atoms with Crippen LogP contribution in [0.5, 0.6) is 0 Å². The van der Waals surface area contributed by atoms with Crippen molar-refractivity contribution in [3.63, 3.8) is 0 Å². The number of carbonyl (C=O) groups excluding carboxylic acids is 1. The molecule has 3 nitrogen and oxygen atoms in total. The molecule has 0 saturated heterocycles. The maximum Gasteiger partial charge on any atom is 0.223 e. The van der Waals surface area contributed by atoms with Gasteiger partial charge in [0.1, 0.15) is 0 Å². The number of amides is 1. The van der Waals surface area contributed by atoms with Gasteiger partial charge in [-0.2, -0.15) is 0 Å². The maximum absolute atomic E-state index is 11.6. The number of aryl methyl sites for hydroxylation is 1. The Balaban J connectivity index is 2.56. The van der Waals surface area contributed by atoms with E-state index in [-0.39, 0.29) is 17.9 Å². The molecular formula is C11H18N2OS. The molecule has 0 aliphatic rings. The first-order valence-electron chi connectivity index (χ1n) is 5.27. The van der Waals surface area contributed by atoms with Crippen molar-refractivity contribution in [2.45, 2.75) is 40.2 Å². The van der Waals surface area contributed by atoms with Crippen molar-refractivity contribution in [2.75, 3.05) is 0 Å². The molecule has 0 saturated carbocycles. The van der Waals surface area contributed by atoms with Crippen LogP contribution >= 0.6 is 11.3 Å². The maximum atomic E-state index is 11.6. The second kappa shape index (κ2) is 5.26. The molecule has 2 atom stereocenters. The van der Waals surface area contributed by atoms with Crippen molar-refractivity contribution in [1.29, 1.82) is 0 Å². The Morgan fingerprint density at radius 2 is 2.27 bits per heavy atom. The van der Waals surface area contributed by atoms with E-state index in [0.717, 1.165) is 17.1 Å². The van der Waals surface area contributed by atoms with Crippen molar-refractivity contribution >= 4 is 17.2 Å². The highest BCUT2D eigenvalue weighted by atomic mass is 32.1. The van der Waals surface area contributed by atoms with E-state index in [1.165, 1.54) is 0 Å². The number of carbonyl (C=O) groups is 1. The van der Waals surface area contributed by atoms with Gasteiger partial charge in [-0.3, -0.25) is 4.79 Å². The summed E-state index contributed by atoms with van der Waals surface area (Å²) in [4.78, 5) is 16.0. The zero-order valence-electron chi connectivity index (χ0n) is 9.70. The molecule has 0 bridgehead atoms. The van der Waals surface area contributed by atoms with Crippen LogP contribution in [0.2, 0.25) is 0 Å². The van der Waals surface area contributed by atoms with Gasteiger partial charge in [-0.15, -0.1) is 11.3 Å². The minimum atomic E-state index is 0.0106. The van der Waals surface area contributed by atoms with Gasteiger partial charge in [0, 0.05) is 11.3 Å². The van der Waals surface area contributed by atoms with Crippen molar-refractivity contribution in [3.05, 3.63) is 16.1 Å². The molecule has 84 valence electrons. The summed E-state index contributed by atoms with van der Waals surface area (Å²) in [5.41, 5.74) is 0.953. The molecule has 1 N–H and O–H groups in total. The van der Waals surface area contributed by atoms with Gasteiger partial charge < -0.3 is 5.32 Å². The monoisotopic (exact) mass is 226 g/mol. The average molecular weight is 226 g/mol. The van der Waals surface area contributed by atoms with E-state index in [1.54, 1.807) is 11.3 Å². The number of thiazole rings is 1. The van der Waals surface area contributed by atoms with Crippen LogP contribution < -0.4 is 5.32 Å². The second-order valence-corrected chi connectivity index (χ2v) is 4.89. The van der Waals surface area contributed by atoms with Crippen molar-refractivity contribution in [3.8, 4) is 0 Å². The second-order valence-electron chi connectivity index (χ2n) is 3.83. The van der Waals surface area contributed by atoms with Gasteiger partial charge in [-0.25, -0.2) is 4.98 Å². The molecule has 0 fully saturated rings. The van der Waals surface area contributed by atoms with E-state index in [1.807, 2.05) is 33.1 Å². The molecule has 0 aliphatic carbocycles. The molecular weight excluding hydrogens is 208 g/mol. The molecule has 1 amide bonds. The van der Waals surface area contributed by atoms with Gasteiger partial charge in [0.2, 0.25) is 5.91 Å². The lowest BCUT2D eigenvalue weighted by molar-refractivity contribution is -0.125. The predicted molar refractivity (Wildman–Crippen MR) is 62.9 cm³/mol. The Labute approximate surface area is 94.9 Å². The SMILES string of the molecule is CC[C@H](C)C(=O)N[C@H](C)c1csc(C)n1. The highest BCUT2D eigenvalue weighted by Gasteiger charge is 2.15. The third kappa shape index (κ3) is 3.30. The highest BCUT2D eigenvalue weighted by molar-refractivity contribution is 7.09. The van der Waals surface area contributed by atoms with E-state index < -0.39 is 0 Å². The van der Waals surface area contributed by atoms with Crippen LogP contribution in [0, 0.1) is 12.8 Å². The van der Waals surface area contributed by atoms with Gasteiger partial charge >= 0.3 is 0 Å². The topological polar surface area (TPSA) is 42.0 Å². The normalized spacial score (nSPS) is 14.7. The summed E-state index contributed by atoms with van der Waals surface area (Å²) >= 11 is 1.61. The lowest BCUT2D eigenvalue weighted by Crippen LogP contribution is -2.31. The van der Waals surface area contributed by atoms with Crippen LogP contribution in [0.1, 0.15) is 43.9 Å². The predicted octanol–water partition coefficient (Wildman–Crippen LogP) is 2.67. The van der Waals surface area contributed by atoms with Crippen molar-refractivity contribution < 1.29 is 4.79 Å². The summed E-state index contributed by atoms with van der Waals surface area (Å²) < 4.78 is 0. The minimum Gasteiger partial charge on any atom is -0.348 e. The first-order chi connectivity index (χ1) is 7.04. The van der Waals surface area contributed by atoms with Crippen molar-refractivity contribution in [1.82, 2.24) is 10.3 Å². The van der Waals surface area contributed by atoms with Crippen LogP contribution in [-0.2, 0) is 4.79 Å². The fourth-order valence-electron chi connectivity index (χ4n) is 1.19. The summed E-state index contributed by atoms with van der Waals surface area (Å²) in [7, 11) is 0. The van der Waals surface area contributed by atoms with Gasteiger partial charge in [-0.1, -0.05) is 13.8 Å². The Hall–Kier alpha value is -0.900. The van der Waals surface area contributed by atoms with Crippen LogP contribution in [0.15, 0.2) is 5.38 Å². The molecule has 0 aliphatic heterocycles. The molecule has 0 spiro atoms. The van der Waals surface area contributed by atoms with Crippen molar-refractivity contribution in [2.24, 2.45) is 5.92 Å². The van der Waals surface area contributed by atoms with E-state index in [0.29, 0.717) is 0 Å². The van der Waals surface area contributed by atoms with Crippen LogP contribution in [0.4, 0.5) is 0 Å². The summed E-state index contributed by atoms with van der Waals surface area (Å²) in [5, 5.41) is 6.00. The number of aromatic nitrogens is 1. The third-order valence-corrected chi connectivity index (χ3v) is 3.29. The Bertz CT molecular complexity index is 335. The number of hydrogen-bond donors (Lipinski definition) is 1. The fraction of sp³-hybridized carbons (Fsp3) is 0.636. The zero-order chi connectivity index (χ0) is 11.4. The molecule has 1 rings (SSSR count). The lowest BCUT2D eigenvalue weighted by Gasteiger charge is -2.14. The number of hydrogen-bond acceptors (Lipinski definition) is 3. The first kappa shape index (κ1) is 12.2. The first-order valence-corrected chi connectivity index (χ1v) is 6.15. The Kier molecular flexibility index (Phi) is 4.27. The summed E-state index contributed by atoms with van der Waals surface area (Å²) in [6.07, 6.45) is 0.870. The Morgan fingerprint density at radius 3 is 2.73 bits per heavy atom. The standard InChI is InChI=1S/C11H18N2OS/c1-5-7(2)11(14)12-8(3)10-6-15-9(4)13-10/h6-8H,5H2,1-4H3,(H,12,14)/t7-,8+/m0/s1. The van der Waals surface area contributed by atoms with E-state index in [9.17, 15) is 4.79 Å². The van der Waals surface area contributed by atoms with Gasteiger partial charge in [0.25, 0.3) is 0 Å². The van der Waals surface area contributed by atoms with Gasteiger partial charge in [-0.05, 0) is 20.3 Å². The summed E-state index contributed by atoms with van der Waals surface area (Å²) in [6, 6.07) is 0.0106. The fourth-order valence-corrected chi connectivity index (χ4v) is 1.90. The van der Waals surface area contributed by atoms with Gasteiger partial charge in [0.05, 0.1) is 16.7 Å². The Morgan fingerprint density at radius 1 is 1.60 bits per heavy atom. The minimum absolute atomic E-state index is 0.0106. The average Bonchev–Trinajstić information content (AvgIpc) is 2.63. The molecule has 1 heterocycles. The van der Waals surface area contributed by atoms with Crippen LogP contribution in [-0.4, -0.2) is 10.9 Å². The quantitative estimate of drug-likeness (QED) is 0.857. The molecule has 0 aromatic carbocycles. The molecule has 1 aromatic rings. The lowest BCUT2D eigenvalue weighted by atomic mass is 10.1. The molecule has 15 heavy (non-hydrogen) atoms.